The first-order valence-electron chi connectivity index (χ1n) is 5.24. The van der Waals surface area contributed by atoms with Crippen LogP contribution in [-0.4, -0.2) is 49.7 Å². The zero-order chi connectivity index (χ0) is 10.6. The first-order valence-corrected chi connectivity index (χ1v) is 5.24. The molecule has 4 nitrogen and oxygen atoms in total. The van der Waals surface area contributed by atoms with Crippen LogP contribution >= 0.6 is 0 Å². The lowest BCUT2D eigenvalue weighted by atomic mass is 10.2. The molecule has 0 aromatic rings. The van der Waals surface area contributed by atoms with Gasteiger partial charge in [0.05, 0.1) is 13.2 Å². The second-order valence-electron chi connectivity index (χ2n) is 3.79. The zero-order valence-electron chi connectivity index (χ0n) is 9.25. The lowest BCUT2D eigenvalue weighted by Gasteiger charge is -2.30. The van der Waals surface area contributed by atoms with E-state index >= 15 is 0 Å². The lowest BCUT2D eigenvalue weighted by Crippen LogP contribution is -2.53. The van der Waals surface area contributed by atoms with Crippen LogP contribution < -0.4 is 5.32 Å². The Balaban J connectivity index is 2.46. The van der Waals surface area contributed by atoms with Gasteiger partial charge in [-0.15, -0.1) is 0 Å². The van der Waals surface area contributed by atoms with E-state index in [0.717, 1.165) is 13.0 Å². The fourth-order valence-electron chi connectivity index (χ4n) is 1.46. The number of hydrogen-bond acceptors (Lipinski definition) is 3. The van der Waals surface area contributed by atoms with Gasteiger partial charge in [-0.2, -0.15) is 0 Å². The molecular formula is C10H20N2O2. The van der Waals surface area contributed by atoms with Gasteiger partial charge in [-0.1, -0.05) is 6.92 Å². The third kappa shape index (κ3) is 2.69. The van der Waals surface area contributed by atoms with E-state index in [2.05, 4.69) is 19.2 Å². The van der Waals surface area contributed by atoms with Crippen LogP contribution in [0.1, 0.15) is 20.3 Å². The van der Waals surface area contributed by atoms with Crippen molar-refractivity contribution in [1.82, 2.24) is 10.2 Å². The molecule has 0 bridgehead atoms. The summed E-state index contributed by atoms with van der Waals surface area (Å²) in [4.78, 5) is 13.7. The molecule has 1 rings (SSSR count). The lowest BCUT2D eigenvalue weighted by molar-refractivity contribution is -0.136. The van der Waals surface area contributed by atoms with Gasteiger partial charge < -0.3 is 15.0 Å². The normalized spacial score (nSPS) is 24.4. The molecule has 2 atom stereocenters. The number of rotatable bonds is 3. The molecule has 4 heteroatoms. The minimum absolute atomic E-state index is 0.138. The molecule has 1 aliphatic heterocycles. The molecule has 1 fully saturated rings. The number of carbonyl (C=O) groups is 1. The van der Waals surface area contributed by atoms with Gasteiger partial charge in [0.2, 0.25) is 5.91 Å². The van der Waals surface area contributed by atoms with E-state index in [0.29, 0.717) is 19.3 Å². The number of amides is 1. The summed E-state index contributed by atoms with van der Waals surface area (Å²) in [7, 11) is 1.85. The molecule has 0 aromatic carbocycles. The third-order valence-electron chi connectivity index (χ3n) is 2.82. The van der Waals surface area contributed by atoms with Crippen LogP contribution in [0.2, 0.25) is 0 Å². The van der Waals surface area contributed by atoms with E-state index < -0.39 is 0 Å². The van der Waals surface area contributed by atoms with Crippen molar-refractivity contribution in [3.05, 3.63) is 0 Å². The van der Waals surface area contributed by atoms with Gasteiger partial charge in [0.1, 0.15) is 6.04 Å². The van der Waals surface area contributed by atoms with E-state index in [4.69, 9.17) is 4.74 Å². The van der Waals surface area contributed by atoms with Crippen molar-refractivity contribution in [3.63, 3.8) is 0 Å². The van der Waals surface area contributed by atoms with Crippen molar-refractivity contribution < 1.29 is 9.53 Å². The fraction of sp³-hybridized carbons (Fsp3) is 0.900. The van der Waals surface area contributed by atoms with Gasteiger partial charge >= 0.3 is 0 Å². The molecule has 0 aliphatic carbocycles. The van der Waals surface area contributed by atoms with Crippen LogP contribution in [0, 0.1) is 0 Å². The largest absolute Gasteiger partial charge is 0.378 e. The van der Waals surface area contributed by atoms with E-state index in [1.54, 1.807) is 4.90 Å². The summed E-state index contributed by atoms with van der Waals surface area (Å²) in [6, 6.07) is 0.147. The Morgan fingerprint density at radius 3 is 2.93 bits per heavy atom. The number of carbonyl (C=O) groups excluding carboxylic acids is 1. The van der Waals surface area contributed by atoms with Gasteiger partial charge in [0, 0.05) is 19.6 Å². The Bertz CT molecular complexity index is 187. The molecule has 14 heavy (non-hydrogen) atoms. The molecule has 2 unspecified atom stereocenters. The maximum Gasteiger partial charge on any atom is 0.242 e. The minimum Gasteiger partial charge on any atom is -0.378 e. The highest BCUT2D eigenvalue weighted by atomic mass is 16.5. The molecule has 0 aromatic heterocycles. The van der Waals surface area contributed by atoms with Crippen LogP contribution in [0.25, 0.3) is 0 Å². The molecule has 1 amide bonds. The summed E-state index contributed by atoms with van der Waals surface area (Å²) in [5, 5.41) is 3.16. The molecule has 1 heterocycles. The first kappa shape index (κ1) is 11.5. The summed E-state index contributed by atoms with van der Waals surface area (Å²) < 4.78 is 5.26. The van der Waals surface area contributed by atoms with Gasteiger partial charge in [-0.05, 0) is 13.3 Å². The van der Waals surface area contributed by atoms with Crippen molar-refractivity contribution in [2.75, 3.05) is 26.8 Å². The average molecular weight is 200 g/mol. The van der Waals surface area contributed by atoms with Crippen molar-refractivity contribution in [2.45, 2.75) is 32.4 Å². The number of nitrogens with zero attached hydrogens (tertiary/aromatic N) is 1. The molecular weight excluding hydrogens is 180 g/mol. The molecule has 82 valence electrons. The predicted octanol–water partition coefficient (Wildman–Crippen LogP) is 0.232. The van der Waals surface area contributed by atoms with Crippen LogP contribution in [0.5, 0.6) is 0 Å². The van der Waals surface area contributed by atoms with Crippen molar-refractivity contribution in [1.29, 1.82) is 0 Å². The average Bonchev–Trinajstić information content (AvgIpc) is 2.27. The van der Waals surface area contributed by atoms with Crippen LogP contribution in [0.4, 0.5) is 0 Å². The maximum absolute atomic E-state index is 11.9. The summed E-state index contributed by atoms with van der Waals surface area (Å²) in [5.74, 6) is 0.138. The molecule has 0 radical (unpaired) electrons. The highest BCUT2D eigenvalue weighted by Gasteiger charge is 2.25. The smallest absolute Gasteiger partial charge is 0.242 e. The Morgan fingerprint density at radius 1 is 1.71 bits per heavy atom. The molecule has 1 N–H and O–H groups in total. The highest BCUT2D eigenvalue weighted by Crippen LogP contribution is 2.04. The maximum atomic E-state index is 11.9. The highest BCUT2D eigenvalue weighted by molar-refractivity contribution is 5.82. The Labute approximate surface area is 85.6 Å². The van der Waals surface area contributed by atoms with Gasteiger partial charge in [-0.25, -0.2) is 0 Å². The SMILES string of the molecule is CCC(C)N(C)C(=O)C1COCCN1. The summed E-state index contributed by atoms with van der Waals surface area (Å²) in [6.45, 7) is 6.11. The van der Waals surface area contributed by atoms with Crippen LogP contribution in [0.15, 0.2) is 0 Å². The van der Waals surface area contributed by atoms with Crippen LogP contribution in [0.3, 0.4) is 0 Å². The molecule has 1 aliphatic rings. The second-order valence-corrected chi connectivity index (χ2v) is 3.79. The van der Waals surface area contributed by atoms with E-state index in [-0.39, 0.29) is 11.9 Å². The fourth-order valence-corrected chi connectivity index (χ4v) is 1.46. The van der Waals surface area contributed by atoms with Crippen molar-refractivity contribution in [3.8, 4) is 0 Å². The Morgan fingerprint density at radius 2 is 2.43 bits per heavy atom. The summed E-state index contributed by atoms with van der Waals surface area (Å²) in [5.41, 5.74) is 0. The number of likely N-dealkylation sites (N-methyl/N-ethyl adjacent to an activating group) is 1. The third-order valence-corrected chi connectivity index (χ3v) is 2.82. The van der Waals surface area contributed by atoms with E-state index in [1.165, 1.54) is 0 Å². The van der Waals surface area contributed by atoms with E-state index in [1.807, 2.05) is 7.05 Å². The van der Waals surface area contributed by atoms with Crippen molar-refractivity contribution >= 4 is 5.91 Å². The quantitative estimate of drug-likeness (QED) is 0.709. The van der Waals surface area contributed by atoms with Crippen LogP contribution in [-0.2, 0) is 9.53 Å². The molecule has 0 saturated carbocycles. The van der Waals surface area contributed by atoms with Crippen molar-refractivity contribution in [2.24, 2.45) is 0 Å². The first-order chi connectivity index (χ1) is 6.66. The monoisotopic (exact) mass is 200 g/mol. The number of nitrogens with one attached hydrogen (secondary N) is 1. The Hall–Kier alpha value is -0.610. The summed E-state index contributed by atoms with van der Waals surface area (Å²) >= 11 is 0. The number of hydrogen-bond donors (Lipinski definition) is 1. The molecule has 0 spiro atoms. The van der Waals surface area contributed by atoms with E-state index in [9.17, 15) is 4.79 Å². The second kappa shape index (κ2) is 5.32. The topological polar surface area (TPSA) is 41.6 Å². The predicted molar refractivity (Wildman–Crippen MR) is 55.1 cm³/mol. The Kier molecular flexibility index (Phi) is 4.35. The standard InChI is InChI=1S/C10H20N2O2/c1-4-8(2)12(3)10(13)9-7-14-6-5-11-9/h8-9,11H,4-7H2,1-3H3. The number of morpholine rings is 1. The number of ether oxygens (including phenoxy) is 1. The molecule has 1 saturated heterocycles. The van der Waals surface area contributed by atoms with Gasteiger partial charge in [0.25, 0.3) is 0 Å². The zero-order valence-corrected chi connectivity index (χ0v) is 9.25. The summed E-state index contributed by atoms with van der Waals surface area (Å²) in [6.07, 6.45) is 0.982. The van der Waals surface area contributed by atoms with Gasteiger partial charge in [0.15, 0.2) is 0 Å². The van der Waals surface area contributed by atoms with Gasteiger partial charge in [-0.3, -0.25) is 4.79 Å². The minimum atomic E-state index is -0.150.